The van der Waals surface area contributed by atoms with Gasteiger partial charge in [0.05, 0.1) is 12.3 Å². The summed E-state index contributed by atoms with van der Waals surface area (Å²) in [5, 5.41) is 14.0. The van der Waals surface area contributed by atoms with Crippen molar-refractivity contribution in [3.8, 4) is 0 Å². The van der Waals surface area contributed by atoms with Gasteiger partial charge in [-0.15, -0.1) is 0 Å². The lowest BCUT2D eigenvalue weighted by Crippen LogP contribution is -2.29. The molecule has 0 fully saturated rings. The first-order chi connectivity index (χ1) is 8.95. The van der Waals surface area contributed by atoms with Gasteiger partial charge in [-0.25, -0.2) is 0 Å². The van der Waals surface area contributed by atoms with Gasteiger partial charge in [0, 0.05) is 30.0 Å². The van der Waals surface area contributed by atoms with Crippen molar-refractivity contribution >= 4 is 5.91 Å². The summed E-state index contributed by atoms with van der Waals surface area (Å²) in [5.74, 6) is -0.267. The van der Waals surface area contributed by atoms with Gasteiger partial charge in [-0.05, 0) is 32.3 Å². The Balaban J connectivity index is 2.43. The highest BCUT2D eigenvalue weighted by molar-refractivity contribution is 5.77. The molecule has 5 nitrogen and oxygen atoms in total. The Morgan fingerprint density at radius 2 is 2.21 bits per heavy atom. The van der Waals surface area contributed by atoms with E-state index in [0.717, 1.165) is 24.2 Å². The van der Waals surface area contributed by atoms with Crippen molar-refractivity contribution in [2.75, 3.05) is 6.61 Å². The monoisotopic (exact) mass is 265 g/mol. The molecule has 19 heavy (non-hydrogen) atoms. The topological polar surface area (TPSA) is 81.1 Å². The summed E-state index contributed by atoms with van der Waals surface area (Å²) in [6, 6.07) is 0.250. The Bertz CT molecular complexity index is 479. The molecule has 1 amide bonds. The highest BCUT2D eigenvalue weighted by atomic mass is 16.3. The van der Waals surface area contributed by atoms with Crippen molar-refractivity contribution in [2.24, 2.45) is 11.7 Å². The first kappa shape index (κ1) is 14.1. The summed E-state index contributed by atoms with van der Waals surface area (Å²) in [5.41, 5.74) is 8.76. The number of carbonyl (C=O) groups excluding carboxylic acids is 1. The van der Waals surface area contributed by atoms with E-state index in [9.17, 15) is 9.90 Å². The van der Waals surface area contributed by atoms with Crippen LogP contribution in [0.3, 0.4) is 0 Å². The molecule has 0 bridgehead atoms. The molecule has 1 aromatic rings. The molecule has 3 N–H and O–H groups in total. The number of nitrogens with zero attached hydrogens (tertiary/aromatic N) is 2. The van der Waals surface area contributed by atoms with Crippen LogP contribution in [0, 0.1) is 5.92 Å². The standard InChI is InChI=1S/C14H23N3O2/c1-8(2)17-12-6-10(14(15)19)4-5-11(12)13(16-17)9(3)7-18/h8-10,18H,4-7H2,1-3H3,(H2,15,19)/t9-,10?/m1/s1. The second-order valence-electron chi connectivity index (χ2n) is 5.77. The minimum absolute atomic E-state index is 0.0406. The van der Waals surface area contributed by atoms with Crippen LogP contribution in [0.25, 0.3) is 0 Å². The van der Waals surface area contributed by atoms with Gasteiger partial charge in [-0.1, -0.05) is 6.92 Å². The van der Waals surface area contributed by atoms with Gasteiger partial charge >= 0.3 is 0 Å². The molecule has 0 radical (unpaired) electrons. The van der Waals surface area contributed by atoms with Crippen molar-refractivity contribution in [1.82, 2.24) is 9.78 Å². The number of aliphatic hydroxyl groups excluding tert-OH is 1. The van der Waals surface area contributed by atoms with Crippen LogP contribution in [0.1, 0.15) is 56.1 Å². The van der Waals surface area contributed by atoms with Crippen molar-refractivity contribution in [3.63, 3.8) is 0 Å². The Morgan fingerprint density at radius 3 is 2.74 bits per heavy atom. The molecular formula is C14H23N3O2. The smallest absolute Gasteiger partial charge is 0.220 e. The van der Waals surface area contributed by atoms with Gasteiger partial charge in [0.15, 0.2) is 0 Å². The van der Waals surface area contributed by atoms with Crippen molar-refractivity contribution in [1.29, 1.82) is 0 Å². The number of primary amides is 1. The van der Waals surface area contributed by atoms with Crippen LogP contribution in [-0.2, 0) is 17.6 Å². The number of carbonyl (C=O) groups is 1. The van der Waals surface area contributed by atoms with E-state index < -0.39 is 0 Å². The quantitative estimate of drug-likeness (QED) is 0.857. The summed E-state index contributed by atoms with van der Waals surface area (Å²) in [6.07, 6.45) is 2.29. The van der Waals surface area contributed by atoms with E-state index in [1.54, 1.807) is 0 Å². The van der Waals surface area contributed by atoms with E-state index in [2.05, 4.69) is 18.9 Å². The lowest BCUT2D eigenvalue weighted by molar-refractivity contribution is -0.122. The molecule has 1 heterocycles. The molecule has 2 atom stereocenters. The van der Waals surface area contributed by atoms with E-state index in [1.165, 1.54) is 5.56 Å². The van der Waals surface area contributed by atoms with Crippen molar-refractivity contribution < 1.29 is 9.90 Å². The number of hydrogen-bond acceptors (Lipinski definition) is 3. The third-order valence-corrected chi connectivity index (χ3v) is 3.96. The van der Waals surface area contributed by atoms with E-state index >= 15 is 0 Å². The summed E-state index contributed by atoms with van der Waals surface area (Å²) in [4.78, 5) is 11.4. The molecule has 1 aliphatic rings. The van der Waals surface area contributed by atoms with Gasteiger partial charge in [0.1, 0.15) is 0 Å². The fourth-order valence-corrected chi connectivity index (χ4v) is 2.82. The van der Waals surface area contributed by atoms with Gasteiger partial charge in [-0.2, -0.15) is 5.10 Å². The lowest BCUT2D eigenvalue weighted by Gasteiger charge is -2.22. The highest BCUT2D eigenvalue weighted by Gasteiger charge is 2.30. The second kappa shape index (κ2) is 5.33. The zero-order valence-corrected chi connectivity index (χ0v) is 11.9. The summed E-state index contributed by atoms with van der Waals surface area (Å²) < 4.78 is 1.99. The van der Waals surface area contributed by atoms with Gasteiger partial charge in [-0.3, -0.25) is 9.48 Å². The minimum atomic E-state index is -0.223. The molecule has 106 valence electrons. The third kappa shape index (κ3) is 2.52. The number of rotatable bonds is 4. The molecule has 0 saturated heterocycles. The number of fused-ring (bicyclic) bond motifs is 1. The molecule has 0 aliphatic heterocycles. The largest absolute Gasteiger partial charge is 0.396 e. The molecule has 1 aromatic heterocycles. The predicted molar refractivity (Wildman–Crippen MR) is 72.8 cm³/mol. The van der Waals surface area contributed by atoms with Crippen molar-refractivity contribution in [3.05, 3.63) is 17.0 Å². The number of amides is 1. The molecule has 1 aliphatic carbocycles. The maximum Gasteiger partial charge on any atom is 0.220 e. The first-order valence-electron chi connectivity index (χ1n) is 6.96. The molecule has 0 aromatic carbocycles. The van der Waals surface area contributed by atoms with Crippen LogP contribution >= 0.6 is 0 Å². The van der Waals surface area contributed by atoms with Crippen LogP contribution in [0.2, 0.25) is 0 Å². The molecule has 1 unspecified atom stereocenters. The molecule has 2 rings (SSSR count). The Kier molecular flexibility index (Phi) is 3.94. The molecule has 5 heteroatoms. The lowest BCUT2D eigenvalue weighted by atomic mass is 9.84. The van der Waals surface area contributed by atoms with Gasteiger partial charge in [0.25, 0.3) is 0 Å². The first-order valence-corrected chi connectivity index (χ1v) is 6.96. The SMILES string of the molecule is CC(C)n1nc([C@H](C)CO)c2c1CC(C(N)=O)CC2. The summed E-state index contributed by atoms with van der Waals surface area (Å²) >= 11 is 0. The van der Waals surface area contributed by atoms with Crippen LogP contribution < -0.4 is 5.73 Å². The number of aliphatic hydroxyl groups is 1. The fourth-order valence-electron chi connectivity index (χ4n) is 2.82. The van der Waals surface area contributed by atoms with Crippen LogP contribution in [-0.4, -0.2) is 27.4 Å². The maximum atomic E-state index is 11.4. The number of hydrogen-bond donors (Lipinski definition) is 2. The Morgan fingerprint density at radius 1 is 1.53 bits per heavy atom. The summed E-state index contributed by atoms with van der Waals surface area (Å²) in [7, 11) is 0. The fraction of sp³-hybridized carbons (Fsp3) is 0.714. The molecule has 0 spiro atoms. The number of nitrogens with two attached hydrogens (primary N) is 1. The average Bonchev–Trinajstić information content (AvgIpc) is 2.76. The molecule has 0 saturated carbocycles. The van der Waals surface area contributed by atoms with Crippen LogP contribution in [0.5, 0.6) is 0 Å². The Hall–Kier alpha value is -1.36. The highest BCUT2D eigenvalue weighted by Crippen LogP contribution is 2.32. The average molecular weight is 265 g/mol. The van der Waals surface area contributed by atoms with Crippen molar-refractivity contribution in [2.45, 2.75) is 52.0 Å². The van der Waals surface area contributed by atoms with Gasteiger partial charge in [0.2, 0.25) is 5.91 Å². The maximum absolute atomic E-state index is 11.4. The zero-order valence-electron chi connectivity index (χ0n) is 11.9. The van der Waals surface area contributed by atoms with E-state index in [0.29, 0.717) is 6.42 Å². The zero-order chi connectivity index (χ0) is 14.2. The predicted octanol–water partition coefficient (Wildman–Crippen LogP) is 1.15. The second-order valence-corrected chi connectivity index (χ2v) is 5.77. The van der Waals surface area contributed by atoms with Crippen LogP contribution in [0.4, 0.5) is 0 Å². The summed E-state index contributed by atoms with van der Waals surface area (Å²) in [6.45, 7) is 6.23. The minimum Gasteiger partial charge on any atom is -0.396 e. The Labute approximate surface area is 113 Å². The molecular weight excluding hydrogens is 242 g/mol. The van der Waals surface area contributed by atoms with E-state index in [4.69, 9.17) is 5.73 Å². The number of aromatic nitrogens is 2. The van der Waals surface area contributed by atoms with E-state index in [1.807, 2.05) is 11.6 Å². The van der Waals surface area contributed by atoms with E-state index in [-0.39, 0.29) is 30.4 Å². The van der Waals surface area contributed by atoms with Gasteiger partial charge < -0.3 is 10.8 Å². The van der Waals surface area contributed by atoms with Crippen LogP contribution in [0.15, 0.2) is 0 Å². The normalized spacial score (nSPS) is 20.4. The third-order valence-electron chi connectivity index (χ3n) is 3.96.